The number of aromatic nitrogens is 2. The monoisotopic (exact) mass is 327 g/mol. The molecule has 2 unspecified atom stereocenters. The molecule has 2 atom stereocenters. The molecule has 2 aromatic rings. The van der Waals surface area contributed by atoms with E-state index in [0.29, 0.717) is 17.7 Å². The molecule has 1 saturated carbocycles. The summed E-state index contributed by atoms with van der Waals surface area (Å²) < 4.78 is 10.9. The van der Waals surface area contributed by atoms with E-state index in [-0.39, 0.29) is 0 Å². The summed E-state index contributed by atoms with van der Waals surface area (Å²) in [6.07, 6.45) is 7.76. The van der Waals surface area contributed by atoms with E-state index in [1.54, 1.807) is 14.2 Å². The molecule has 1 aromatic carbocycles. The molecule has 0 spiro atoms. The predicted molar refractivity (Wildman–Crippen MR) is 94.4 cm³/mol. The molecule has 3 rings (SSSR count). The molecule has 24 heavy (non-hydrogen) atoms. The second-order valence-electron chi connectivity index (χ2n) is 6.45. The third-order valence-corrected chi connectivity index (χ3v) is 5.01. The average molecular weight is 327 g/mol. The van der Waals surface area contributed by atoms with Crippen LogP contribution in [0.5, 0.6) is 11.5 Å². The molecular formula is C19H25N3O2. The lowest BCUT2D eigenvalue weighted by Gasteiger charge is -2.32. The van der Waals surface area contributed by atoms with Crippen LogP contribution in [0.15, 0.2) is 30.5 Å². The van der Waals surface area contributed by atoms with Crippen LogP contribution in [0.4, 0.5) is 5.82 Å². The zero-order chi connectivity index (χ0) is 16.9. The zero-order valence-electron chi connectivity index (χ0n) is 14.4. The normalized spacial score (nSPS) is 20.6. The number of hydrogen-bond acceptors (Lipinski definition) is 5. The van der Waals surface area contributed by atoms with E-state index in [1.165, 1.54) is 36.8 Å². The van der Waals surface area contributed by atoms with Crippen LogP contribution in [0, 0.1) is 5.92 Å². The fraction of sp³-hybridized carbons (Fsp3) is 0.474. The molecule has 0 amide bonds. The Morgan fingerprint density at radius 2 is 1.96 bits per heavy atom. The van der Waals surface area contributed by atoms with Crippen LogP contribution in [0.2, 0.25) is 0 Å². The van der Waals surface area contributed by atoms with Crippen molar-refractivity contribution in [3.05, 3.63) is 41.6 Å². The molecule has 0 radical (unpaired) electrons. The van der Waals surface area contributed by atoms with Gasteiger partial charge < -0.3 is 15.2 Å². The first-order chi connectivity index (χ1) is 11.7. The highest BCUT2D eigenvalue weighted by Gasteiger charge is 2.28. The maximum absolute atomic E-state index is 5.83. The number of methoxy groups -OCH3 is 2. The van der Waals surface area contributed by atoms with Crippen molar-refractivity contribution >= 4 is 5.82 Å². The molecule has 1 aromatic heterocycles. The van der Waals surface area contributed by atoms with Gasteiger partial charge in [0.05, 0.1) is 20.4 Å². The van der Waals surface area contributed by atoms with E-state index in [2.05, 4.69) is 16.3 Å². The first-order valence-electron chi connectivity index (χ1n) is 8.50. The lowest BCUT2D eigenvalue weighted by atomic mass is 9.73. The van der Waals surface area contributed by atoms with Gasteiger partial charge in [-0.15, -0.1) is 5.10 Å². The van der Waals surface area contributed by atoms with Gasteiger partial charge in [0.25, 0.3) is 0 Å². The van der Waals surface area contributed by atoms with Crippen molar-refractivity contribution in [2.45, 2.75) is 38.0 Å². The summed E-state index contributed by atoms with van der Waals surface area (Å²) in [4.78, 5) is 0. The van der Waals surface area contributed by atoms with Crippen molar-refractivity contribution in [1.29, 1.82) is 0 Å². The van der Waals surface area contributed by atoms with Crippen molar-refractivity contribution < 1.29 is 9.47 Å². The number of benzene rings is 1. The highest BCUT2D eigenvalue weighted by atomic mass is 16.5. The highest BCUT2D eigenvalue weighted by Crippen LogP contribution is 2.41. The number of nitrogens with zero attached hydrogens (tertiary/aromatic N) is 2. The van der Waals surface area contributed by atoms with Crippen LogP contribution in [0.25, 0.3) is 0 Å². The Labute approximate surface area is 143 Å². The molecule has 0 aliphatic heterocycles. The Balaban J connectivity index is 1.84. The predicted octanol–water partition coefficient (Wildman–Crippen LogP) is 3.59. The van der Waals surface area contributed by atoms with Crippen LogP contribution >= 0.6 is 0 Å². The fourth-order valence-electron chi connectivity index (χ4n) is 3.80. The van der Waals surface area contributed by atoms with Gasteiger partial charge in [0.1, 0.15) is 17.3 Å². The van der Waals surface area contributed by atoms with E-state index >= 15 is 0 Å². The Morgan fingerprint density at radius 1 is 1.12 bits per heavy atom. The second-order valence-corrected chi connectivity index (χ2v) is 6.45. The van der Waals surface area contributed by atoms with Gasteiger partial charge in [0.15, 0.2) is 0 Å². The van der Waals surface area contributed by atoms with E-state index in [9.17, 15) is 0 Å². The molecule has 0 saturated heterocycles. The van der Waals surface area contributed by atoms with Crippen LogP contribution in [0.3, 0.4) is 0 Å². The van der Waals surface area contributed by atoms with E-state index < -0.39 is 0 Å². The number of hydrogen-bond donors (Lipinski definition) is 1. The summed E-state index contributed by atoms with van der Waals surface area (Å²) in [5, 5.41) is 7.93. The Bertz CT molecular complexity index is 690. The lowest BCUT2D eigenvalue weighted by Crippen LogP contribution is -2.20. The average Bonchev–Trinajstić information content (AvgIpc) is 2.62. The maximum Gasteiger partial charge on any atom is 0.146 e. The minimum absolute atomic E-state index is 0.475. The third kappa shape index (κ3) is 3.61. The summed E-state index contributed by atoms with van der Waals surface area (Å²) in [5.41, 5.74) is 8.27. The molecular weight excluding hydrogens is 302 g/mol. The van der Waals surface area contributed by atoms with Gasteiger partial charge in [-0.3, -0.25) is 0 Å². The molecule has 5 heteroatoms. The Hall–Kier alpha value is -2.30. The minimum Gasteiger partial charge on any atom is -0.497 e. The summed E-state index contributed by atoms with van der Waals surface area (Å²) in [5.74, 6) is 3.25. The fourth-order valence-corrected chi connectivity index (χ4v) is 3.80. The molecule has 1 aliphatic rings. The van der Waals surface area contributed by atoms with Crippen LogP contribution in [-0.2, 0) is 6.42 Å². The van der Waals surface area contributed by atoms with Crippen LogP contribution in [-0.4, -0.2) is 24.4 Å². The Morgan fingerprint density at radius 3 is 2.71 bits per heavy atom. The van der Waals surface area contributed by atoms with Gasteiger partial charge in [-0.25, -0.2) is 0 Å². The SMILES string of the molecule is COc1ccc(CC2CCCCC2c2cnnc(N)c2)c(OC)c1. The number of ether oxygens (including phenoxy) is 2. The first kappa shape index (κ1) is 16.6. The van der Waals surface area contributed by atoms with Crippen LogP contribution < -0.4 is 15.2 Å². The summed E-state index contributed by atoms with van der Waals surface area (Å²) in [7, 11) is 3.39. The van der Waals surface area contributed by atoms with Gasteiger partial charge in [-0.1, -0.05) is 18.9 Å². The van der Waals surface area contributed by atoms with E-state index in [0.717, 1.165) is 17.9 Å². The minimum atomic E-state index is 0.475. The summed E-state index contributed by atoms with van der Waals surface area (Å²) >= 11 is 0. The second kappa shape index (κ2) is 7.51. The quantitative estimate of drug-likeness (QED) is 0.908. The van der Waals surface area contributed by atoms with Gasteiger partial charge in [0.2, 0.25) is 0 Å². The van der Waals surface area contributed by atoms with E-state index in [1.807, 2.05) is 24.4 Å². The smallest absolute Gasteiger partial charge is 0.146 e. The zero-order valence-corrected chi connectivity index (χ0v) is 14.4. The molecule has 5 nitrogen and oxygen atoms in total. The maximum atomic E-state index is 5.83. The lowest BCUT2D eigenvalue weighted by molar-refractivity contribution is 0.300. The summed E-state index contributed by atoms with van der Waals surface area (Å²) in [6.45, 7) is 0. The van der Waals surface area contributed by atoms with Gasteiger partial charge >= 0.3 is 0 Å². The van der Waals surface area contributed by atoms with Gasteiger partial charge in [0, 0.05) is 6.07 Å². The summed E-state index contributed by atoms with van der Waals surface area (Å²) in [6, 6.07) is 8.05. The molecule has 0 bridgehead atoms. The van der Waals surface area contributed by atoms with Crippen molar-refractivity contribution in [2.75, 3.05) is 20.0 Å². The van der Waals surface area contributed by atoms with Gasteiger partial charge in [-0.05, 0) is 54.4 Å². The molecule has 128 valence electrons. The van der Waals surface area contributed by atoms with Crippen molar-refractivity contribution in [2.24, 2.45) is 5.92 Å². The molecule has 2 N–H and O–H groups in total. The van der Waals surface area contributed by atoms with Crippen LogP contribution in [0.1, 0.15) is 42.7 Å². The number of nitrogen functional groups attached to an aromatic ring is 1. The topological polar surface area (TPSA) is 70.3 Å². The highest BCUT2D eigenvalue weighted by molar-refractivity contribution is 5.41. The number of anilines is 1. The van der Waals surface area contributed by atoms with Gasteiger partial charge in [-0.2, -0.15) is 5.10 Å². The standard InChI is InChI=1S/C19H25N3O2/c1-23-16-8-7-14(18(11-16)24-2)9-13-5-3-4-6-17(13)15-10-19(20)22-21-12-15/h7-8,10-13,17H,3-6,9H2,1-2H3,(H2,20,22). The van der Waals surface area contributed by atoms with E-state index in [4.69, 9.17) is 15.2 Å². The Kier molecular flexibility index (Phi) is 5.18. The van der Waals surface area contributed by atoms with Crippen molar-refractivity contribution in [3.63, 3.8) is 0 Å². The molecule has 1 aliphatic carbocycles. The largest absolute Gasteiger partial charge is 0.497 e. The number of rotatable bonds is 5. The van der Waals surface area contributed by atoms with Crippen molar-refractivity contribution in [1.82, 2.24) is 10.2 Å². The third-order valence-electron chi connectivity index (χ3n) is 5.01. The molecule has 1 heterocycles. The van der Waals surface area contributed by atoms with Crippen molar-refractivity contribution in [3.8, 4) is 11.5 Å². The molecule has 1 fully saturated rings. The number of nitrogens with two attached hydrogens (primary N) is 1. The first-order valence-corrected chi connectivity index (χ1v) is 8.50.